The predicted molar refractivity (Wildman–Crippen MR) is 66.4 cm³/mol. The van der Waals surface area contributed by atoms with E-state index in [4.69, 9.17) is 10.00 Å². The number of hydrogen-bond donors (Lipinski definition) is 1. The fourth-order valence-electron chi connectivity index (χ4n) is 1.36. The van der Waals surface area contributed by atoms with Gasteiger partial charge in [0, 0.05) is 32.2 Å². The van der Waals surface area contributed by atoms with E-state index in [9.17, 15) is 4.79 Å². The van der Waals surface area contributed by atoms with Gasteiger partial charge in [-0.05, 0) is 20.8 Å². The van der Waals surface area contributed by atoms with E-state index in [0.717, 1.165) is 0 Å². The van der Waals surface area contributed by atoms with E-state index in [1.54, 1.807) is 7.11 Å². The molecule has 5 heteroatoms. The third kappa shape index (κ3) is 9.79. The van der Waals surface area contributed by atoms with Crippen LogP contribution < -0.4 is 5.32 Å². The number of carbonyl (C=O) groups is 1. The van der Waals surface area contributed by atoms with E-state index in [2.05, 4.69) is 11.4 Å². The summed E-state index contributed by atoms with van der Waals surface area (Å²) in [7, 11) is 1.62. The minimum atomic E-state index is -0.223. The first-order valence-electron chi connectivity index (χ1n) is 5.78. The summed E-state index contributed by atoms with van der Waals surface area (Å²) in [4.78, 5) is 13.6. The molecule has 0 unspecified atom stereocenters. The summed E-state index contributed by atoms with van der Waals surface area (Å²) in [5.74, 6) is -0.0217. The SMILES string of the molecule is COCCN(CCC#N)CC(=O)NC(C)(C)C. The Hall–Kier alpha value is -1.12. The molecule has 0 heterocycles. The van der Waals surface area contributed by atoms with Crippen molar-refractivity contribution in [2.45, 2.75) is 32.7 Å². The van der Waals surface area contributed by atoms with Gasteiger partial charge in [0.25, 0.3) is 0 Å². The quantitative estimate of drug-likeness (QED) is 0.715. The van der Waals surface area contributed by atoms with Gasteiger partial charge in [0.2, 0.25) is 5.91 Å². The zero-order chi connectivity index (χ0) is 13.3. The van der Waals surface area contributed by atoms with Crippen LogP contribution in [-0.2, 0) is 9.53 Å². The molecule has 0 aromatic rings. The molecule has 1 N–H and O–H groups in total. The lowest BCUT2D eigenvalue weighted by Crippen LogP contribution is -2.46. The molecule has 0 radical (unpaired) electrons. The molecular formula is C12H23N3O2. The maximum atomic E-state index is 11.7. The van der Waals surface area contributed by atoms with Gasteiger partial charge < -0.3 is 10.1 Å². The molecule has 0 saturated carbocycles. The van der Waals surface area contributed by atoms with Crippen LogP contribution >= 0.6 is 0 Å². The lowest BCUT2D eigenvalue weighted by Gasteiger charge is -2.25. The number of rotatable bonds is 7. The van der Waals surface area contributed by atoms with Gasteiger partial charge in [-0.1, -0.05) is 0 Å². The van der Waals surface area contributed by atoms with Crippen molar-refractivity contribution >= 4 is 5.91 Å². The van der Waals surface area contributed by atoms with E-state index < -0.39 is 0 Å². The van der Waals surface area contributed by atoms with E-state index in [1.807, 2.05) is 25.7 Å². The average Bonchev–Trinajstić information content (AvgIpc) is 2.19. The van der Waals surface area contributed by atoms with Crippen molar-refractivity contribution in [1.29, 1.82) is 5.26 Å². The molecule has 0 aromatic heterocycles. The monoisotopic (exact) mass is 241 g/mol. The third-order valence-electron chi connectivity index (χ3n) is 2.03. The summed E-state index contributed by atoms with van der Waals surface area (Å²) < 4.78 is 4.98. The van der Waals surface area contributed by atoms with Crippen LogP contribution in [0, 0.1) is 11.3 Å². The van der Waals surface area contributed by atoms with Crippen LogP contribution in [0.2, 0.25) is 0 Å². The summed E-state index contributed by atoms with van der Waals surface area (Å²) >= 11 is 0. The first-order chi connectivity index (χ1) is 7.89. The van der Waals surface area contributed by atoms with Gasteiger partial charge in [-0.25, -0.2) is 0 Å². The fourth-order valence-corrected chi connectivity index (χ4v) is 1.36. The Morgan fingerprint density at radius 3 is 2.53 bits per heavy atom. The third-order valence-corrected chi connectivity index (χ3v) is 2.03. The number of nitrogens with one attached hydrogen (secondary N) is 1. The zero-order valence-electron chi connectivity index (χ0n) is 11.2. The van der Waals surface area contributed by atoms with Gasteiger partial charge in [0.1, 0.15) is 0 Å². The molecule has 0 aliphatic rings. The highest BCUT2D eigenvalue weighted by Gasteiger charge is 2.16. The summed E-state index contributed by atoms with van der Waals surface area (Å²) in [5, 5.41) is 11.5. The molecule has 0 saturated heterocycles. The molecule has 0 aromatic carbocycles. The normalized spacial score (nSPS) is 11.3. The van der Waals surface area contributed by atoms with Gasteiger partial charge in [-0.3, -0.25) is 9.69 Å². The molecule has 0 fully saturated rings. The first-order valence-corrected chi connectivity index (χ1v) is 5.78. The number of nitrogens with zero attached hydrogens (tertiary/aromatic N) is 2. The van der Waals surface area contributed by atoms with Crippen LogP contribution in [0.25, 0.3) is 0 Å². The summed E-state index contributed by atoms with van der Waals surface area (Å²) in [6.07, 6.45) is 0.423. The molecule has 0 aliphatic heterocycles. The smallest absolute Gasteiger partial charge is 0.234 e. The Morgan fingerprint density at radius 1 is 1.41 bits per heavy atom. The Balaban J connectivity index is 4.12. The fraction of sp³-hybridized carbons (Fsp3) is 0.833. The van der Waals surface area contributed by atoms with Gasteiger partial charge in [0.15, 0.2) is 0 Å². The molecule has 17 heavy (non-hydrogen) atoms. The van der Waals surface area contributed by atoms with Crippen LogP contribution in [0.1, 0.15) is 27.2 Å². The maximum absolute atomic E-state index is 11.7. The zero-order valence-corrected chi connectivity index (χ0v) is 11.2. The lowest BCUT2D eigenvalue weighted by molar-refractivity contribution is -0.123. The Bertz CT molecular complexity index is 266. The first kappa shape index (κ1) is 15.9. The predicted octanol–water partition coefficient (Wildman–Crippen LogP) is 0.763. The molecule has 1 amide bonds. The van der Waals surface area contributed by atoms with Crippen molar-refractivity contribution < 1.29 is 9.53 Å². The Kier molecular flexibility index (Phi) is 7.51. The van der Waals surface area contributed by atoms with Crippen molar-refractivity contribution in [2.24, 2.45) is 0 Å². The molecule has 98 valence electrons. The molecule has 0 bridgehead atoms. The van der Waals surface area contributed by atoms with Gasteiger partial charge in [-0.15, -0.1) is 0 Å². The van der Waals surface area contributed by atoms with Crippen molar-refractivity contribution in [2.75, 3.05) is 33.4 Å². The van der Waals surface area contributed by atoms with E-state index in [0.29, 0.717) is 32.7 Å². The van der Waals surface area contributed by atoms with Gasteiger partial charge in [0.05, 0.1) is 19.2 Å². The van der Waals surface area contributed by atoms with Crippen molar-refractivity contribution in [1.82, 2.24) is 10.2 Å². The number of methoxy groups -OCH3 is 1. The highest BCUT2D eigenvalue weighted by molar-refractivity contribution is 5.78. The number of ether oxygens (including phenoxy) is 1. The second kappa shape index (κ2) is 8.04. The second-order valence-corrected chi connectivity index (χ2v) is 4.98. The molecule has 0 spiro atoms. The minimum Gasteiger partial charge on any atom is -0.383 e. The second-order valence-electron chi connectivity index (χ2n) is 4.98. The van der Waals surface area contributed by atoms with E-state index in [1.165, 1.54) is 0 Å². The number of carbonyl (C=O) groups excluding carboxylic acids is 1. The number of hydrogen-bond acceptors (Lipinski definition) is 4. The maximum Gasteiger partial charge on any atom is 0.234 e. The van der Waals surface area contributed by atoms with E-state index in [-0.39, 0.29) is 11.4 Å². The van der Waals surface area contributed by atoms with Crippen LogP contribution in [0.15, 0.2) is 0 Å². The topological polar surface area (TPSA) is 65.4 Å². The molecule has 0 aliphatic carbocycles. The molecule has 0 atom stereocenters. The van der Waals surface area contributed by atoms with Gasteiger partial charge in [-0.2, -0.15) is 5.26 Å². The molecular weight excluding hydrogens is 218 g/mol. The summed E-state index contributed by atoms with van der Waals surface area (Å²) in [6, 6.07) is 2.08. The highest BCUT2D eigenvalue weighted by atomic mass is 16.5. The van der Waals surface area contributed by atoms with Crippen molar-refractivity contribution in [3.05, 3.63) is 0 Å². The number of nitriles is 1. The average molecular weight is 241 g/mol. The van der Waals surface area contributed by atoms with Crippen LogP contribution in [-0.4, -0.2) is 49.7 Å². The Morgan fingerprint density at radius 2 is 2.06 bits per heavy atom. The standard InChI is InChI=1S/C12H23N3O2/c1-12(2,3)14-11(16)10-15(7-5-6-13)8-9-17-4/h5,7-10H2,1-4H3,(H,14,16). The van der Waals surface area contributed by atoms with Crippen molar-refractivity contribution in [3.63, 3.8) is 0 Å². The number of amides is 1. The van der Waals surface area contributed by atoms with Crippen LogP contribution in [0.4, 0.5) is 0 Å². The summed E-state index contributed by atoms with van der Waals surface area (Å²) in [5.41, 5.74) is -0.223. The molecule has 0 rings (SSSR count). The Labute approximate surface area is 104 Å². The van der Waals surface area contributed by atoms with E-state index >= 15 is 0 Å². The van der Waals surface area contributed by atoms with Crippen LogP contribution in [0.3, 0.4) is 0 Å². The lowest BCUT2D eigenvalue weighted by atomic mass is 10.1. The highest BCUT2D eigenvalue weighted by Crippen LogP contribution is 1.99. The van der Waals surface area contributed by atoms with Crippen LogP contribution in [0.5, 0.6) is 0 Å². The minimum absolute atomic E-state index is 0.0217. The largest absolute Gasteiger partial charge is 0.383 e. The molecule has 5 nitrogen and oxygen atoms in total. The van der Waals surface area contributed by atoms with Gasteiger partial charge >= 0.3 is 0 Å². The van der Waals surface area contributed by atoms with Crippen molar-refractivity contribution in [3.8, 4) is 6.07 Å². The summed E-state index contributed by atoms with van der Waals surface area (Å²) in [6.45, 7) is 7.96.